The first kappa shape index (κ1) is 16.8. The zero-order chi connectivity index (χ0) is 15.8. The molecule has 1 aliphatic rings. The average Bonchev–Trinajstić information content (AvgIpc) is 2.56. The largest absolute Gasteiger partial charge is 0.426 e. The number of ether oxygens (including phenoxy) is 1. The van der Waals surface area contributed by atoms with Gasteiger partial charge in [0.25, 0.3) is 0 Å². The molecule has 1 fully saturated rings. The zero-order valence-electron chi connectivity index (χ0n) is 13.4. The second-order valence-corrected chi connectivity index (χ2v) is 9.73. The smallest absolute Gasteiger partial charge is 0.314 e. The van der Waals surface area contributed by atoms with Gasteiger partial charge in [-0.25, -0.2) is 0 Å². The molecule has 0 aliphatic carbocycles. The lowest BCUT2D eigenvalue weighted by molar-refractivity contribution is -0.139. The van der Waals surface area contributed by atoms with Crippen LogP contribution in [-0.2, 0) is 4.79 Å². The van der Waals surface area contributed by atoms with Gasteiger partial charge in [0.05, 0.1) is 17.6 Å². The first-order valence-electron chi connectivity index (χ1n) is 8.44. The van der Waals surface area contributed by atoms with Gasteiger partial charge in [-0.15, -0.1) is 0 Å². The van der Waals surface area contributed by atoms with E-state index in [4.69, 9.17) is 10.00 Å². The van der Waals surface area contributed by atoms with Crippen molar-refractivity contribution in [3.05, 3.63) is 29.8 Å². The highest BCUT2D eigenvalue weighted by Crippen LogP contribution is 2.29. The molecule has 0 saturated carbocycles. The highest BCUT2D eigenvalue weighted by atomic mass is 28.3. The van der Waals surface area contributed by atoms with Gasteiger partial charge in [0.15, 0.2) is 0 Å². The zero-order valence-corrected chi connectivity index (χ0v) is 14.5. The highest BCUT2D eigenvalue weighted by Gasteiger charge is 2.28. The highest BCUT2D eigenvalue weighted by molar-refractivity contribution is 6.59. The minimum atomic E-state index is -0.577. The molecule has 1 aromatic carbocycles. The summed E-state index contributed by atoms with van der Waals surface area (Å²) in [7, 11) is -0.577. The first-order valence-corrected chi connectivity index (χ1v) is 10.9. The van der Waals surface area contributed by atoms with E-state index in [-0.39, 0.29) is 11.9 Å². The molecule has 22 heavy (non-hydrogen) atoms. The second-order valence-electron chi connectivity index (χ2n) is 6.27. The van der Waals surface area contributed by atoms with E-state index < -0.39 is 8.80 Å². The van der Waals surface area contributed by atoms with Crippen molar-refractivity contribution < 1.29 is 9.53 Å². The molecule has 0 N–H and O–H groups in total. The molecule has 4 heteroatoms. The Kier molecular flexibility index (Phi) is 6.66. The van der Waals surface area contributed by atoms with E-state index in [2.05, 4.69) is 13.0 Å². The molecule has 0 radical (unpaired) electrons. The van der Waals surface area contributed by atoms with Gasteiger partial charge in [-0.2, -0.15) is 5.26 Å². The monoisotopic (exact) mass is 315 g/mol. The van der Waals surface area contributed by atoms with Crippen LogP contribution in [0.2, 0.25) is 18.1 Å². The molecule has 0 spiro atoms. The Morgan fingerprint density at radius 1 is 1.27 bits per heavy atom. The molecule has 1 aromatic rings. The normalized spacial score (nSPS) is 21.1. The third-order valence-corrected chi connectivity index (χ3v) is 8.12. The van der Waals surface area contributed by atoms with Gasteiger partial charge in [0.1, 0.15) is 5.75 Å². The number of nitriles is 1. The van der Waals surface area contributed by atoms with E-state index in [9.17, 15) is 4.79 Å². The van der Waals surface area contributed by atoms with Crippen molar-refractivity contribution in [2.24, 2.45) is 5.92 Å². The minimum absolute atomic E-state index is 0.0746. The molecule has 0 atom stereocenters. The van der Waals surface area contributed by atoms with E-state index in [1.54, 1.807) is 24.3 Å². The summed E-state index contributed by atoms with van der Waals surface area (Å²) >= 11 is 0. The predicted octanol–water partition coefficient (Wildman–Crippen LogP) is 4.29. The van der Waals surface area contributed by atoms with Gasteiger partial charge in [-0.05, 0) is 37.1 Å². The number of hydrogen-bond donors (Lipinski definition) is 0. The third-order valence-electron chi connectivity index (χ3n) is 4.60. The lowest BCUT2D eigenvalue weighted by Crippen LogP contribution is -2.28. The summed E-state index contributed by atoms with van der Waals surface area (Å²) in [4.78, 5) is 12.2. The summed E-state index contributed by atoms with van der Waals surface area (Å²) in [5.41, 5.74) is 0.582. The summed E-state index contributed by atoms with van der Waals surface area (Å²) < 4.78 is 5.45. The summed E-state index contributed by atoms with van der Waals surface area (Å²) in [6.45, 7) is 2.25. The summed E-state index contributed by atoms with van der Waals surface area (Å²) in [5.74, 6) is 0.530. The number of carbonyl (C=O) groups is 1. The fourth-order valence-corrected chi connectivity index (χ4v) is 6.65. The number of unbranched alkanes of at least 4 members (excludes halogenated alkanes) is 2. The number of esters is 1. The minimum Gasteiger partial charge on any atom is -0.426 e. The number of nitrogens with zero attached hydrogens (tertiary/aromatic N) is 1. The average molecular weight is 315 g/mol. The van der Waals surface area contributed by atoms with Crippen LogP contribution in [0.3, 0.4) is 0 Å². The molecule has 0 aromatic heterocycles. The van der Waals surface area contributed by atoms with Gasteiger partial charge in [0, 0.05) is 8.80 Å². The van der Waals surface area contributed by atoms with Gasteiger partial charge < -0.3 is 4.74 Å². The van der Waals surface area contributed by atoms with Crippen molar-refractivity contribution in [3.8, 4) is 11.8 Å². The van der Waals surface area contributed by atoms with Gasteiger partial charge in [0.2, 0.25) is 0 Å². The van der Waals surface area contributed by atoms with Crippen LogP contribution in [0.4, 0.5) is 0 Å². The van der Waals surface area contributed by atoms with Crippen LogP contribution in [0.15, 0.2) is 24.3 Å². The van der Waals surface area contributed by atoms with Crippen molar-refractivity contribution in [2.45, 2.75) is 57.2 Å². The van der Waals surface area contributed by atoms with Crippen molar-refractivity contribution >= 4 is 14.8 Å². The van der Waals surface area contributed by atoms with Crippen LogP contribution in [0, 0.1) is 17.2 Å². The fraction of sp³-hybridized carbons (Fsp3) is 0.556. The van der Waals surface area contributed by atoms with Gasteiger partial charge in [-0.1, -0.05) is 44.3 Å². The molecule has 1 saturated heterocycles. The molecular formula is C18H25NO2Si. The topological polar surface area (TPSA) is 50.1 Å². The van der Waals surface area contributed by atoms with Crippen molar-refractivity contribution in [1.82, 2.24) is 0 Å². The van der Waals surface area contributed by atoms with E-state index in [1.165, 1.54) is 37.4 Å². The standard InChI is InChI=1S/C18H25NO2Si/c1-2-3-4-11-22-12-9-16(10-13-22)18(20)21-17-7-5-15(14-19)6-8-17/h5-8,16,22H,2-4,9-13H2,1H3. The van der Waals surface area contributed by atoms with E-state index >= 15 is 0 Å². The Balaban J connectivity index is 1.76. The SMILES string of the molecule is CCCCC[SiH]1CCC(C(=O)Oc2ccc(C#N)cc2)CC1. The number of benzene rings is 1. The molecule has 1 heterocycles. The van der Waals surface area contributed by atoms with Crippen LogP contribution in [0.25, 0.3) is 0 Å². The molecule has 118 valence electrons. The van der Waals surface area contributed by atoms with Crippen molar-refractivity contribution in [2.75, 3.05) is 0 Å². The maximum atomic E-state index is 12.2. The molecule has 1 aliphatic heterocycles. The Labute approximate surface area is 134 Å². The molecule has 0 amide bonds. The number of rotatable bonds is 6. The molecule has 0 bridgehead atoms. The van der Waals surface area contributed by atoms with Crippen LogP contribution in [0.5, 0.6) is 5.75 Å². The number of carbonyl (C=O) groups excluding carboxylic acids is 1. The lowest BCUT2D eigenvalue weighted by atomic mass is 10.0. The lowest BCUT2D eigenvalue weighted by Gasteiger charge is -2.26. The maximum Gasteiger partial charge on any atom is 0.314 e. The van der Waals surface area contributed by atoms with Crippen LogP contribution < -0.4 is 4.74 Å². The van der Waals surface area contributed by atoms with Gasteiger partial charge >= 0.3 is 5.97 Å². The second kappa shape index (κ2) is 8.75. The molecule has 3 nitrogen and oxygen atoms in total. The van der Waals surface area contributed by atoms with Crippen LogP contribution in [-0.4, -0.2) is 14.8 Å². The van der Waals surface area contributed by atoms with E-state index in [0.29, 0.717) is 11.3 Å². The predicted molar refractivity (Wildman–Crippen MR) is 90.6 cm³/mol. The quantitative estimate of drug-likeness (QED) is 0.340. The van der Waals surface area contributed by atoms with E-state index in [1.807, 2.05) is 0 Å². The molecule has 2 rings (SSSR count). The summed E-state index contributed by atoms with van der Waals surface area (Å²) in [6, 6.07) is 12.8. The molecular weight excluding hydrogens is 290 g/mol. The van der Waals surface area contributed by atoms with Gasteiger partial charge in [-0.3, -0.25) is 4.79 Å². The Bertz CT molecular complexity index is 513. The first-order chi connectivity index (χ1) is 10.7. The Morgan fingerprint density at radius 3 is 2.55 bits per heavy atom. The van der Waals surface area contributed by atoms with Crippen LogP contribution >= 0.6 is 0 Å². The third kappa shape index (κ3) is 4.99. The molecule has 0 unspecified atom stereocenters. The van der Waals surface area contributed by atoms with Crippen molar-refractivity contribution in [1.29, 1.82) is 5.26 Å². The number of hydrogen-bond acceptors (Lipinski definition) is 3. The Hall–Kier alpha value is -1.60. The summed E-state index contributed by atoms with van der Waals surface area (Å²) in [6.07, 6.45) is 6.05. The Morgan fingerprint density at radius 2 is 1.95 bits per heavy atom. The fourth-order valence-electron chi connectivity index (χ4n) is 3.17. The van der Waals surface area contributed by atoms with Crippen LogP contribution in [0.1, 0.15) is 44.6 Å². The van der Waals surface area contributed by atoms with E-state index in [0.717, 1.165) is 12.8 Å². The maximum absolute atomic E-state index is 12.2. The van der Waals surface area contributed by atoms with Crippen molar-refractivity contribution in [3.63, 3.8) is 0 Å². The summed E-state index contributed by atoms with van der Waals surface area (Å²) in [5, 5.41) is 8.76.